The predicted molar refractivity (Wildman–Crippen MR) is 119 cm³/mol. The molecule has 3 aromatic rings. The topological polar surface area (TPSA) is 43.2 Å². The number of rotatable bonds is 4. The van der Waals surface area contributed by atoms with E-state index >= 15 is 0 Å². The van der Waals surface area contributed by atoms with Crippen molar-refractivity contribution < 1.29 is 4.74 Å². The Labute approximate surface area is 173 Å². The highest BCUT2D eigenvalue weighted by molar-refractivity contribution is 5.98. The molecule has 4 rings (SSSR count). The van der Waals surface area contributed by atoms with Gasteiger partial charge in [-0.05, 0) is 70.2 Å². The molecule has 0 bridgehead atoms. The molecule has 5 nitrogen and oxygen atoms in total. The fourth-order valence-corrected chi connectivity index (χ4v) is 5.08. The maximum atomic E-state index is 5.62. The molecule has 1 aliphatic heterocycles. The van der Waals surface area contributed by atoms with E-state index in [1.807, 2.05) is 19.1 Å². The van der Waals surface area contributed by atoms with E-state index in [2.05, 4.69) is 66.4 Å². The van der Waals surface area contributed by atoms with Crippen LogP contribution in [0.2, 0.25) is 0 Å². The number of aromatic nitrogens is 3. The molecule has 2 atom stereocenters. The molecule has 1 aromatic carbocycles. The van der Waals surface area contributed by atoms with Crippen LogP contribution in [0.5, 0.6) is 5.75 Å². The lowest BCUT2D eigenvalue weighted by Gasteiger charge is -2.36. The van der Waals surface area contributed by atoms with Crippen molar-refractivity contribution in [2.75, 3.05) is 24.6 Å². The lowest BCUT2D eigenvalue weighted by Crippen LogP contribution is -2.39. The van der Waals surface area contributed by atoms with Crippen LogP contribution in [0.4, 0.5) is 5.82 Å². The van der Waals surface area contributed by atoms with Gasteiger partial charge in [0.1, 0.15) is 5.75 Å². The summed E-state index contributed by atoms with van der Waals surface area (Å²) < 4.78 is 7.95. The highest BCUT2D eigenvalue weighted by atomic mass is 16.5. The number of fused-ring (bicyclic) bond motifs is 1. The van der Waals surface area contributed by atoms with Crippen molar-refractivity contribution >= 4 is 16.6 Å². The second-order valence-electron chi connectivity index (χ2n) is 8.64. The van der Waals surface area contributed by atoms with Crippen molar-refractivity contribution in [3.8, 4) is 11.4 Å². The molecule has 154 valence electrons. The molecule has 2 unspecified atom stereocenters. The number of aryl methyl sites for hydroxylation is 3. The number of ether oxygens (including phenoxy) is 1. The van der Waals surface area contributed by atoms with Crippen LogP contribution in [-0.2, 0) is 0 Å². The summed E-state index contributed by atoms with van der Waals surface area (Å²) in [5.74, 6) is 3.28. The van der Waals surface area contributed by atoms with Crippen molar-refractivity contribution in [3.63, 3.8) is 0 Å². The second kappa shape index (κ2) is 7.69. The van der Waals surface area contributed by atoms with Gasteiger partial charge in [0.2, 0.25) is 0 Å². The van der Waals surface area contributed by atoms with Crippen LogP contribution in [0.3, 0.4) is 0 Å². The summed E-state index contributed by atoms with van der Waals surface area (Å²) in [7, 11) is 0. The zero-order valence-corrected chi connectivity index (χ0v) is 18.5. The molecular weight excluding hydrogens is 360 g/mol. The van der Waals surface area contributed by atoms with E-state index in [9.17, 15) is 0 Å². The average molecular weight is 393 g/mol. The highest BCUT2D eigenvalue weighted by Crippen LogP contribution is 2.37. The maximum absolute atomic E-state index is 5.62. The van der Waals surface area contributed by atoms with Crippen LogP contribution in [0.15, 0.2) is 24.3 Å². The van der Waals surface area contributed by atoms with Gasteiger partial charge in [0, 0.05) is 40.9 Å². The largest absolute Gasteiger partial charge is 0.494 e. The SMILES string of the molecule is CCOc1ccc(-n2c(C)c3c(C)nnc(N4CC(C)CC(C)C4)c3c2C)cc1. The van der Waals surface area contributed by atoms with Gasteiger partial charge in [-0.3, -0.25) is 0 Å². The molecule has 3 heterocycles. The van der Waals surface area contributed by atoms with Crippen molar-refractivity contribution in [1.82, 2.24) is 14.8 Å². The van der Waals surface area contributed by atoms with E-state index in [-0.39, 0.29) is 0 Å². The molecule has 0 saturated carbocycles. The van der Waals surface area contributed by atoms with Gasteiger partial charge in [0.25, 0.3) is 0 Å². The Hall–Kier alpha value is -2.56. The van der Waals surface area contributed by atoms with Crippen molar-refractivity contribution in [2.45, 2.75) is 48.0 Å². The van der Waals surface area contributed by atoms with E-state index in [0.29, 0.717) is 18.4 Å². The summed E-state index contributed by atoms with van der Waals surface area (Å²) in [5.41, 5.74) is 4.58. The first-order chi connectivity index (χ1) is 13.9. The third-order valence-electron chi connectivity index (χ3n) is 6.10. The summed E-state index contributed by atoms with van der Waals surface area (Å²) in [6.07, 6.45) is 1.28. The van der Waals surface area contributed by atoms with Gasteiger partial charge in [0.15, 0.2) is 5.82 Å². The van der Waals surface area contributed by atoms with E-state index in [4.69, 9.17) is 4.74 Å². The molecule has 5 heteroatoms. The van der Waals surface area contributed by atoms with Crippen LogP contribution in [0, 0.1) is 32.6 Å². The quantitative estimate of drug-likeness (QED) is 0.610. The first kappa shape index (κ1) is 19.7. The minimum atomic E-state index is 0.673. The third-order valence-corrected chi connectivity index (χ3v) is 6.10. The molecule has 0 aliphatic carbocycles. The Balaban J connectivity index is 1.87. The van der Waals surface area contributed by atoms with Gasteiger partial charge in [-0.15, -0.1) is 5.10 Å². The molecule has 2 aromatic heterocycles. The Bertz CT molecular complexity index is 1010. The fraction of sp³-hybridized carbons (Fsp3) is 0.500. The molecule has 0 spiro atoms. The number of hydrogen-bond donors (Lipinski definition) is 0. The highest BCUT2D eigenvalue weighted by Gasteiger charge is 2.27. The predicted octanol–water partition coefficient (Wildman–Crippen LogP) is 5.23. The molecular formula is C24H32N4O. The Morgan fingerprint density at radius 2 is 1.55 bits per heavy atom. The van der Waals surface area contributed by atoms with E-state index in [1.165, 1.54) is 28.6 Å². The van der Waals surface area contributed by atoms with Gasteiger partial charge < -0.3 is 14.2 Å². The first-order valence-electron chi connectivity index (χ1n) is 10.7. The normalized spacial score (nSPS) is 19.7. The number of piperidine rings is 1. The van der Waals surface area contributed by atoms with E-state index < -0.39 is 0 Å². The van der Waals surface area contributed by atoms with Gasteiger partial charge in [-0.1, -0.05) is 13.8 Å². The maximum Gasteiger partial charge on any atom is 0.161 e. The van der Waals surface area contributed by atoms with Crippen LogP contribution in [0.1, 0.15) is 44.3 Å². The molecule has 0 amide bonds. The zero-order chi connectivity index (χ0) is 20.7. The number of anilines is 1. The van der Waals surface area contributed by atoms with Crippen LogP contribution in [0.25, 0.3) is 16.5 Å². The standard InChI is InChI=1S/C24H32N4O/c1-7-29-21-10-8-20(9-11-21)28-18(5)22-17(4)25-26-24(23(22)19(28)6)27-13-15(2)12-16(3)14-27/h8-11,15-16H,7,12-14H2,1-6H3. The lowest BCUT2D eigenvalue weighted by atomic mass is 9.91. The summed E-state index contributed by atoms with van der Waals surface area (Å²) in [6, 6.07) is 8.34. The smallest absolute Gasteiger partial charge is 0.161 e. The Morgan fingerprint density at radius 3 is 2.17 bits per heavy atom. The zero-order valence-electron chi connectivity index (χ0n) is 18.5. The van der Waals surface area contributed by atoms with Crippen molar-refractivity contribution in [1.29, 1.82) is 0 Å². The molecule has 0 radical (unpaired) electrons. The van der Waals surface area contributed by atoms with Crippen molar-refractivity contribution in [3.05, 3.63) is 41.3 Å². The average Bonchev–Trinajstić information content (AvgIpc) is 2.94. The van der Waals surface area contributed by atoms with Gasteiger partial charge in [-0.2, -0.15) is 5.10 Å². The van der Waals surface area contributed by atoms with Crippen LogP contribution in [-0.4, -0.2) is 34.5 Å². The third kappa shape index (κ3) is 3.47. The number of nitrogens with zero attached hydrogens (tertiary/aromatic N) is 4. The minimum absolute atomic E-state index is 0.673. The minimum Gasteiger partial charge on any atom is -0.494 e. The Kier molecular flexibility index (Phi) is 5.24. The molecule has 29 heavy (non-hydrogen) atoms. The van der Waals surface area contributed by atoms with Crippen LogP contribution < -0.4 is 9.64 Å². The van der Waals surface area contributed by atoms with Gasteiger partial charge in [-0.25, -0.2) is 0 Å². The molecule has 1 fully saturated rings. The van der Waals surface area contributed by atoms with Crippen molar-refractivity contribution in [2.24, 2.45) is 11.8 Å². The summed E-state index contributed by atoms with van der Waals surface area (Å²) in [4.78, 5) is 2.45. The fourth-order valence-electron chi connectivity index (χ4n) is 5.08. The summed E-state index contributed by atoms with van der Waals surface area (Å²) in [5, 5.41) is 11.7. The lowest BCUT2D eigenvalue weighted by molar-refractivity contribution is 0.340. The summed E-state index contributed by atoms with van der Waals surface area (Å²) in [6.45, 7) is 15.9. The van der Waals surface area contributed by atoms with Gasteiger partial charge in [0.05, 0.1) is 12.3 Å². The molecule has 1 aliphatic rings. The Morgan fingerprint density at radius 1 is 0.931 bits per heavy atom. The number of benzene rings is 1. The first-order valence-corrected chi connectivity index (χ1v) is 10.7. The molecule has 1 saturated heterocycles. The second-order valence-corrected chi connectivity index (χ2v) is 8.64. The molecule has 0 N–H and O–H groups in total. The van der Waals surface area contributed by atoms with E-state index in [0.717, 1.165) is 36.0 Å². The van der Waals surface area contributed by atoms with E-state index in [1.54, 1.807) is 0 Å². The number of hydrogen-bond acceptors (Lipinski definition) is 4. The monoisotopic (exact) mass is 392 g/mol. The summed E-state index contributed by atoms with van der Waals surface area (Å²) >= 11 is 0. The van der Waals surface area contributed by atoms with Gasteiger partial charge >= 0.3 is 0 Å². The van der Waals surface area contributed by atoms with Crippen LogP contribution >= 0.6 is 0 Å².